The van der Waals surface area contributed by atoms with Crippen LogP contribution >= 0.6 is 0 Å². The molecule has 146 valence electrons. The summed E-state index contributed by atoms with van der Waals surface area (Å²) in [5, 5.41) is 3.46. The molecule has 0 radical (unpaired) electrons. The molecule has 1 heterocycles. The van der Waals surface area contributed by atoms with Crippen molar-refractivity contribution >= 4 is 0 Å². The second-order valence-electron chi connectivity index (χ2n) is 6.67. The normalized spacial score (nSPS) is 16.6. The number of rotatable bonds is 7. The molecule has 1 atom stereocenters. The molecule has 3 rings (SSSR count). The van der Waals surface area contributed by atoms with E-state index in [4.69, 9.17) is 9.47 Å². The number of benzene rings is 2. The van der Waals surface area contributed by atoms with Gasteiger partial charge in [0.05, 0.1) is 19.3 Å². The van der Waals surface area contributed by atoms with Gasteiger partial charge in [0, 0.05) is 19.6 Å². The van der Waals surface area contributed by atoms with Gasteiger partial charge >= 0.3 is 0 Å². The Morgan fingerprint density at radius 2 is 1.63 bits per heavy atom. The number of hydrogen-bond acceptors (Lipinski definition) is 4. The molecule has 2 aromatic carbocycles. The maximum atomic E-state index is 13.5. The lowest BCUT2D eigenvalue weighted by Gasteiger charge is -2.31. The van der Waals surface area contributed by atoms with Gasteiger partial charge in [-0.15, -0.1) is 0 Å². The molecule has 1 fully saturated rings. The Morgan fingerprint density at radius 1 is 0.926 bits per heavy atom. The standard InChI is InChI=1S/C22H29FN2O2/c1-3-26-20-11-8-18(16-21(20)27-4-2)22(17-6-9-19(23)10-7-17)25-14-5-12-24-13-15-25/h6-11,16,22,24H,3-5,12-15H2,1-2H3. The largest absolute Gasteiger partial charge is 0.490 e. The fourth-order valence-corrected chi connectivity index (χ4v) is 3.62. The molecule has 0 bridgehead atoms. The molecule has 1 unspecified atom stereocenters. The van der Waals surface area contributed by atoms with Crippen LogP contribution < -0.4 is 14.8 Å². The van der Waals surface area contributed by atoms with E-state index in [1.807, 2.05) is 32.0 Å². The number of halogens is 1. The first-order chi connectivity index (χ1) is 13.2. The molecule has 1 saturated heterocycles. The van der Waals surface area contributed by atoms with Gasteiger partial charge in [-0.2, -0.15) is 0 Å². The van der Waals surface area contributed by atoms with Crippen LogP contribution in [0.15, 0.2) is 42.5 Å². The summed E-state index contributed by atoms with van der Waals surface area (Å²) in [5.41, 5.74) is 2.22. The number of nitrogens with one attached hydrogen (secondary N) is 1. The van der Waals surface area contributed by atoms with Gasteiger partial charge in [-0.05, 0) is 62.2 Å². The van der Waals surface area contributed by atoms with E-state index in [2.05, 4.69) is 22.3 Å². The highest BCUT2D eigenvalue weighted by Crippen LogP contribution is 2.36. The summed E-state index contributed by atoms with van der Waals surface area (Å²) in [6.45, 7) is 9.03. The van der Waals surface area contributed by atoms with Crippen LogP contribution in [0, 0.1) is 5.82 Å². The van der Waals surface area contributed by atoms with Crippen molar-refractivity contribution in [2.24, 2.45) is 0 Å². The van der Waals surface area contributed by atoms with Crippen LogP contribution in [-0.2, 0) is 0 Å². The monoisotopic (exact) mass is 372 g/mol. The summed E-state index contributed by atoms with van der Waals surface area (Å²) in [6.07, 6.45) is 1.09. The van der Waals surface area contributed by atoms with E-state index >= 15 is 0 Å². The zero-order valence-corrected chi connectivity index (χ0v) is 16.2. The molecule has 4 nitrogen and oxygen atoms in total. The molecule has 27 heavy (non-hydrogen) atoms. The van der Waals surface area contributed by atoms with Crippen LogP contribution in [0.25, 0.3) is 0 Å². The third-order valence-corrected chi connectivity index (χ3v) is 4.81. The highest BCUT2D eigenvalue weighted by Gasteiger charge is 2.24. The first kappa shape index (κ1) is 19.6. The van der Waals surface area contributed by atoms with Crippen molar-refractivity contribution in [1.82, 2.24) is 10.2 Å². The van der Waals surface area contributed by atoms with Crippen LogP contribution in [0.2, 0.25) is 0 Å². The quantitative estimate of drug-likeness (QED) is 0.796. The fourth-order valence-electron chi connectivity index (χ4n) is 3.62. The van der Waals surface area contributed by atoms with Crippen LogP contribution in [0.3, 0.4) is 0 Å². The molecule has 0 saturated carbocycles. The first-order valence-corrected chi connectivity index (χ1v) is 9.82. The Balaban J connectivity index is 2.00. The van der Waals surface area contributed by atoms with Crippen molar-refractivity contribution in [1.29, 1.82) is 0 Å². The Bertz CT molecular complexity index is 713. The number of ether oxygens (including phenoxy) is 2. The molecular weight excluding hydrogens is 343 g/mol. The zero-order valence-electron chi connectivity index (χ0n) is 16.2. The van der Waals surface area contributed by atoms with E-state index in [0.29, 0.717) is 13.2 Å². The van der Waals surface area contributed by atoms with Crippen molar-refractivity contribution in [2.75, 3.05) is 39.4 Å². The minimum atomic E-state index is -0.211. The molecule has 1 aliphatic heterocycles. The smallest absolute Gasteiger partial charge is 0.161 e. The van der Waals surface area contributed by atoms with Gasteiger partial charge in [-0.3, -0.25) is 4.90 Å². The Hall–Kier alpha value is -2.11. The van der Waals surface area contributed by atoms with Crippen molar-refractivity contribution in [3.63, 3.8) is 0 Å². The fraction of sp³-hybridized carbons (Fsp3) is 0.455. The van der Waals surface area contributed by atoms with Crippen molar-refractivity contribution in [3.05, 3.63) is 59.4 Å². The van der Waals surface area contributed by atoms with E-state index < -0.39 is 0 Å². The summed E-state index contributed by atoms with van der Waals surface area (Å²) in [4.78, 5) is 2.46. The van der Waals surface area contributed by atoms with Gasteiger partial charge in [0.15, 0.2) is 11.5 Å². The lowest BCUT2D eigenvalue weighted by atomic mass is 9.96. The Kier molecular flexibility index (Phi) is 7.07. The summed E-state index contributed by atoms with van der Waals surface area (Å²) in [5.74, 6) is 1.31. The predicted octanol–water partition coefficient (Wildman–Crippen LogP) is 4.01. The van der Waals surface area contributed by atoms with Crippen LogP contribution in [0.1, 0.15) is 37.4 Å². The highest BCUT2D eigenvalue weighted by atomic mass is 19.1. The predicted molar refractivity (Wildman–Crippen MR) is 106 cm³/mol. The average Bonchev–Trinajstić information content (AvgIpc) is 2.95. The van der Waals surface area contributed by atoms with Crippen LogP contribution in [-0.4, -0.2) is 44.3 Å². The minimum Gasteiger partial charge on any atom is -0.490 e. The summed E-state index contributed by atoms with van der Waals surface area (Å²) in [6, 6.07) is 13.1. The van der Waals surface area contributed by atoms with Crippen LogP contribution in [0.4, 0.5) is 4.39 Å². The Labute approximate surface area is 161 Å². The van der Waals surface area contributed by atoms with Crippen molar-refractivity contribution in [2.45, 2.75) is 26.3 Å². The molecule has 1 N–H and O–H groups in total. The lowest BCUT2D eigenvalue weighted by Crippen LogP contribution is -2.33. The van der Waals surface area contributed by atoms with Gasteiger partial charge < -0.3 is 14.8 Å². The molecular formula is C22H29FN2O2. The second kappa shape index (κ2) is 9.72. The first-order valence-electron chi connectivity index (χ1n) is 9.82. The van der Waals surface area contributed by atoms with Gasteiger partial charge in [-0.25, -0.2) is 4.39 Å². The molecule has 5 heteroatoms. The molecule has 1 aliphatic rings. The number of nitrogens with zero attached hydrogens (tertiary/aromatic N) is 1. The second-order valence-corrected chi connectivity index (χ2v) is 6.67. The third kappa shape index (κ3) is 4.99. The van der Waals surface area contributed by atoms with E-state index in [0.717, 1.165) is 55.2 Å². The summed E-state index contributed by atoms with van der Waals surface area (Å²) >= 11 is 0. The van der Waals surface area contributed by atoms with E-state index in [-0.39, 0.29) is 11.9 Å². The lowest BCUT2D eigenvalue weighted by molar-refractivity contribution is 0.239. The SMILES string of the molecule is CCOc1ccc(C(c2ccc(F)cc2)N2CCCNCC2)cc1OCC. The topological polar surface area (TPSA) is 33.7 Å². The van der Waals surface area contributed by atoms with E-state index in [1.165, 1.54) is 12.1 Å². The van der Waals surface area contributed by atoms with E-state index in [9.17, 15) is 4.39 Å². The summed E-state index contributed by atoms with van der Waals surface area (Å²) < 4.78 is 25.0. The number of hydrogen-bond donors (Lipinski definition) is 1. The molecule has 0 spiro atoms. The molecule has 0 amide bonds. The van der Waals surface area contributed by atoms with Gasteiger partial charge in [0.1, 0.15) is 5.82 Å². The molecule has 2 aromatic rings. The molecule has 0 aromatic heterocycles. The zero-order chi connectivity index (χ0) is 19.1. The minimum absolute atomic E-state index is 0.0559. The third-order valence-electron chi connectivity index (χ3n) is 4.81. The van der Waals surface area contributed by atoms with Gasteiger partial charge in [0.2, 0.25) is 0 Å². The highest BCUT2D eigenvalue weighted by molar-refractivity contribution is 5.46. The average molecular weight is 372 g/mol. The Morgan fingerprint density at radius 3 is 2.37 bits per heavy atom. The maximum Gasteiger partial charge on any atom is 0.161 e. The molecule has 0 aliphatic carbocycles. The van der Waals surface area contributed by atoms with E-state index in [1.54, 1.807) is 0 Å². The van der Waals surface area contributed by atoms with Crippen LogP contribution in [0.5, 0.6) is 11.5 Å². The van der Waals surface area contributed by atoms with Gasteiger partial charge in [0.25, 0.3) is 0 Å². The summed E-state index contributed by atoms with van der Waals surface area (Å²) in [7, 11) is 0. The van der Waals surface area contributed by atoms with Crippen molar-refractivity contribution in [3.8, 4) is 11.5 Å². The maximum absolute atomic E-state index is 13.5. The van der Waals surface area contributed by atoms with Gasteiger partial charge in [-0.1, -0.05) is 18.2 Å². The van der Waals surface area contributed by atoms with Crippen molar-refractivity contribution < 1.29 is 13.9 Å².